The Morgan fingerprint density at radius 3 is 2.32 bits per heavy atom. The molecule has 0 aliphatic carbocycles. The molecule has 0 saturated heterocycles. The lowest BCUT2D eigenvalue weighted by molar-refractivity contribution is 0.0706. The second-order valence-corrected chi connectivity index (χ2v) is 8.34. The third-order valence-electron chi connectivity index (χ3n) is 3.76. The molecule has 2 amide bonds. The van der Waals surface area contributed by atoms with E-state index in [0.717, 1.165) is 0 Å². The van der Waals surface area contributed by atoms with Gasteiger partial charge in [-0.25, -0.2) is 4.98 Å². The van der Waals surface area contributed by atoms with Crippen molar-refractivity contribution >= 4 is 35.0 Å². The first-order valence-corrected chi connectivity index (χ1v) is 9.89. The molecule has 0 radical (unpaired) electrons. The Bertz CT molecular complexity index is 814. The van der Waals surface area contributed by atoms with E-state index in [2.05, 4.69) is 10.3 Å². The van der Waals surface area contributed by atoms with E-state index < -0.39 is 0 Å². The van der Waals surface area contributed by atoms with Gasteiger partial charge in [-0.2, -0.15) is 0 Å². The Morgan fingerprint density at radius 2 is 1.75 bits per heavy atom. The predicted molar refractivity (Wildman–Crippen MR) is 110 cm³/mol. The van der Waals surface area contributed by atoms with Crippen molar-refractivity contribution in [1.82, 2.24) is 15.2 Å². The van der Waals surface area contributed by atoms with E-state index in [1.54, 1.807) is 23.1 Å². The molecule has 0 fully saturated rings. The van der Waals surface area contributed by atoms with E-state index >= 15 is 0 Å². The van der Waals surface area contributed by atoms with Gasteiger partial charge in [0.15, 0.2) is 5.69 Å². The van der Waals surface area contributed by atoms with E-state index in [1.165, 1.54) is 6.26 Å². The van der Waals surface area contributed by atoms with Crippen molar-refractivity contribution in [2.45, 2.75) is 34.2 Å². The normalized spacial score (nSPS) is 11.1. The maximum Gasteiger partial charge on any atom is 0.273 e. The molecule has 6 nitrogen and oxygen atoms in total. The number of carbonyl (C=O) groups is 2. The van der Waals surface area contributed by atoms with Crippen LogP contribution in [0.1, 0.15) is 54.4 Å². The maximum atomic E-state index is 13.0. The zero-order valence-corrected chi connectivity index (χ0v) is 18.0. The second kappa shape index (κ2) is 9.94. The van der Waals surface area contributed by atoms with Crippen LogP contribution in [-0.4, -0.2) is 34.8 Å². The first kappa shape index (κ1) is 22.2. The monoisotopic (exact) mass is 425 g/mol. The van der Waals surface area contributed by atoms with Crippen molar-refractivity contribution < 1.29 is 14.0 Å². The fourth-order valence-electron chi connectivity index (χ4n) is 2.56. The Hall–Kier alpha value is -2.05. The van der Waals surface area contributed by atoms with Gasteiger partial charge in [0.2, 0.25) is 5.89 Å². The first-order chi connectivity index (χ1) is 13.2. The number of hydrogen-bond acceptors (Lipinski definition) is 4. The van der Waals surface area contributed by atoms with E-state index in [-0.39, 0.29) is 35.9 Å². The number of nitrogens with one attached hydrogen (secondary N) is 1. The number of nitrogens with zero attached hydrogens (tertiary/aromatic N) is 2. The summed E-state index contributed by atoms with van der Waals surface area (Å²) in [5.41, 5.74) is 0.581. The minimum Gasteiger partial charge on any atom is -0.446 e. The van der Waals surface area contributed by atoms with Crippen molar-refractivity contribution in [2.75, 3.05) is 13.1 Å². The molecule has 8 heteroatoms. The molecule has 2 aromatic rings. The van der Waals surface area contributed by atoms with Gasteiger partial charge in [-0.3, -0.25) is 9.59 Å². The molecule has 1 aromatic heterocycles. The Balaban J connectivity index is 2.16. The van der Waals surface area contributed by atoms with Crippen molar-refractivity contribution in [1.29, 1.82) is 0 Å². The summed E-state index contributed by atoms with van der Waals surface area (Å²) in [7, 11) is 0. The van der Waals surface area contributed by atoms with Crippen LogP contribution in [0.2, 0.25) is 10.0 Å². The van der Waals surface area contributed by atoms with Crippen LogP contribution in [0.25, 0.3) is 0 Å². The molecule has 1 N–H and O–H groups in total. The van der Waals surface area contributed by atoms with E-state index in [0.29, 0.717) is 34.6 Å². The third kappa shape index (κ3) is 6.53. The summed E-state index contributed by atoms with van der Waals surface area (Å²) in [5, 5.41) is 3.57. The summed E-state index contributed by atoms with van der Waals surface area (Å²) in [5.74, 6) is 0.312. The molecule has 0 aliphatic rings. The minimum atomic E-state index is -0.299. The number of carbonyl (C=O) groups excluding carboxylic acids is 2. The molecule has 152 valence electrons. The predicted octanol–water partition coefficient (Wildman–Crippen LogP) is 4.67. The van der Waals surface area contributed by atoms with Crippen LogP contribution < -0.4 is 5.32 Å². The summed E-state index contributed by atoms with van der Waals surface area (Å²) in [6, 6.07) is 4.72. The maximum absolute atomic E-state index is 13.0. The van der Waals surface area contributed by atoms with Gasteiger partial charge in [0.05, 0.1) is 6.54 Å². The fourth-order valence-corrected chi connectivity index (χ4v) is 3.08. The van der Waals surface area contributed by atoms with Crippen LogP contribution in [0.15, 0.2) is 28.9 Å². The topological polar surface area (TPSA) is 75.4 Å². The number of aromatic nitrogens is 1. The van der Waals surface area contributed by atoms with Crippen molar-refractivity contribution in [3.05, 3.63) is 51.7 Å². The molecule has 0 saturated carbocycles. The number of benzene rings is 1. The van der Waals surface area contributed by atoms with Crippen LogP contribution in [0, 0.1) is 11.8 Å². The van der Waals surface area contributed by atoms with Crippen LogP contribution in [0.3, 0.4) is 0 Å². The Morgan fingerprint density at radius 1 is 1.11 bits per heavy atom. The van der Waals surface area contributed by atoms with Gasteiger partial charge in [0.1, 0.15) is 6.26 Å². The molecule has 0 unspecified atom stereocenters. The Kier molecular flexibility index (Phi) is 7.89. The molecule has 1 heterocycles. The molecule has 0 aliphatic heterocycles. The van der Waals surface area contributed by atoms with E-state index in [1.807, 2.05) is 27.7 Å². The summed E-state index contributed by atoms with van der Waals surface area (Å²) >= 11 is 12.0. The number of rotatable bonds is 8. The fraction of sp³-hybridized carbons (Fsp3) is 0.450. The van der Waals surface area contributed by atoms with Crippen LogP contribution in [-0.2, 0) is 6.54 Å². The molecule has 0 atom stereocenters. The van der Waals surface area contributed by atoms with Gasteiger partial charge in [0, 0.05) is 28.7 Å². The highest BCUT2D eigenvalue weighted by molar-refractivity contribution is 6.35. The molecule has 2 rings (SSSR count). The van der Waals surface area contributed by atoms with Gasteiger partial charge < -0.3 is 14.6 Å². The molecule has 28 heavy (non-hydrogen) atoms. The van der Waals surface area contributed by atoms with Crippen molar-refractivity contribution in [3.63, 3.8) is 0 Å². The summed E-state index contributed by atoms with van der Waals surface area (Å²) in [6.07, 6.45) is 1.30. The first-order valence-electron chi connectivity index (χ1n) is 9.13. The SMILES string of the molecule is CC(C)CNC(=O)c1coc(CN(CC(C)C)C(=O)c2cc(Cl)cc(Cl)c2)n1. The lowest BCUT2D eigenvalue weighted by Gasteiger charge is -2.23. The molecular weight excluding hydrogens is 401 g/mol. The highest BCUT2D eigenvalue weighted by atomic mass is 35.5. The summed E-state index contributed by atoms with van der Waals surface area (Å²) < 4.78 is 5.42. The molecule has 1 aromatic carbocycles. The second-order valence-electron chi connectivity index (χ2n) is 7.47. The third-order valence-corrected chi connectivity index (χ3v) is 4.20. The van der Waals surface area contributed by atoms with Crippen LogP contribution >= 0.6 is 23.2 Å². The lowest BCUT2D eigenvalue weighted by atomic mass is 10.1. The zero-order chi connectivity index (χ0) is 20.8. The van der Waals surface area contributed by atoms with Gasteiger partial charge in [0.25, 0.3) is 11.8 Å². The highest BCUT2D eigenvalue weighted by Crippen LogP contribution is 2.21. The average molecular weight is 426 g/mol. The van der Waals surface area contributed by atoms with Gasteiger partial charge >= 0.3 is 0 Å². The zero-order valence-electron chi connectivity index (χ0n) is 16.5. The smallest absolute Gasteiger partial charge is 0.273 e. The highest BCUT2D eigenvalue weighted by Gasteiger charge is 2.21. The number of oxazole rings is 1. The molecule has 0 spiro atoms. The molecule has 0 bridgehead atoms. The quantitative estimate of drug-likeness (QED) is 0.666. The molecular formula is C20H25Cl2N3O3. The van der Waals surface area contributed by atoms with Gasteiger partial charge in [-0.05, 0) is 30.0 Å². The largest absolute Gasteiger partial charge is 0.446 e. The van der Waals surface area contributed by atoms with Gasteiger partial charge in [-0.15, -0.1) is 0 Å². The van der Waals surface area contributed by atoms with Crippen LogP contribution in [0.4, 0.5) is 0 Å². The van der Waals surface area contributed by atoms with E-state index in [4.69, 9.17) is 27.6 Å². The van der Waals surface area contributed by atoms with Crippen molar-refractivity contribution in [2.24, 2.45) is 11.8 Å². The Labute approximate surface area is 175 Å². The van der Waals surface area contributed by atoms with Gasteiger partial charge in [-0.1, -0.05) is 50.9 Å². The number of amides is 2. The van der Waals surface area contributed by atoms with E-state index in [9.17, 15) is 9.59 Å². The van der Waals surface area contributed by atoms with Crippen LogP contribution in [0.5, 0.6) is 0 Å². The number of hydrogen-bond donors (Lipinski definition) is 1. The number of halogens is 2. The summed E-state index contributed by atoms with van der Waals surface area (Å²) in [6.45, 7) is 9.20. The standard InChI is InChI=1S/C20H25Cl2N3O3/c1-12(2)8-23-19(26)17-11-28-18(24-17)10-25(9-13(3)4)20(27)14-5-15(21)7-16(22)6-14/h5-7,11-13H,8-10H2,1-4H3,(H,23,26). The lowest BCUT2D eigenvalue weighted by Crippen LogP contribution is -2.34. The van der Waals surface area contributed by atoms with Crippen molar-refractivity contribution in [3.8, 4) is 0 Å². The average Bonchev–Trinajstić information content (AvgIpc) is 3.05. The summed E-state index contributed by atoms with van der Waals surface area (Å²) in [4.78, 5) is 30.9. The minimum absolute atomic E-state index is 0.138.